The van der Waals surface area contributed by atoms with Crippen LogP contribution < -0.4 is 28.3 Å². The monoisotopic (exact) mass is 327 g/mol. The second kappa shape index (κ2) is 4.90. The first kappa shape index (κ1) is 10.8. The van der Waals surface area contributed by atoms with E-state index in [1.807, 2.05) is 24.3 Å². The largest absolute Gasteiger partial charge is 0.759 e. The lowest BCUT2D eigenvalue weighted by Gasteiger charge is -2.06. The summed E-state index contributed by atoms with van der Waals surface area (Å²) in [6.07, 6.45) is 0. The van der Waals surface area contributed by atoms with E-state index in [-0.39, 0.29) is 0 Å². The molecule has 0 saturated heterocycles. The van der Waals surface area contributed by atoms with Gasteiger partial charge in [-0.25, -0.2) is 0 Å². The summed E-state index contributed by atoms with van der Waals surface area (Å²) in [5.41, 5.74) is 6.44. The first-order chi connectivity index (χ1) is 7.24. The van der Waals surface area contributed by atoms with Crippen LogP contribution in [0.5, 0.6) is 0 Å². The van der Waals surface area contributed by atoms with E-state index in [9.17, 15) is 0 Å². The van der Waals surface area contributed by atoms with E-state index in [0.717, 1.165) is 5.69 Å². The maximum Gasteiger partial charge on any atom is 0.0314 e. The predicted molar refractivity (Wildman–Crippen MR) is 60.1 cm³/mol. The molecule has 77 valence electrons. The lowest BCUT2D eigenvalue weighted by molar-refractivity contribution is -0.328. The molecule has 0 aliphatic heterocycles. The lowest BCUT2D eigenvalue weighted by atomic mass is 10.3. The van der Waals surface area contributed by atoms with Crippen LogP contribution in [0.4, 0.5) is 5.69 Å². The van der Waals surface area contributed by atoms with Crippen LogP contribution in [0.1, 0.15) is 0 Å². The van der Waals surface area contributed by atoms with Gasteiger partial charge in [-0.05, 0) is 36.4 Å². The zero-order chi connectivity index (χ0) is 10.7. The van der Waals surface area contributed by atoms with Crippen molar-refractivity contribution in [3.8, 4) is 0 Å². The highest BCUT2D eigenvalue weighted by molar-refractivity contribution is 7.99. The molecule has 0 bridgehead atoms. The van der Waals surface area contributed by atoms with Gasteiger partial charge < -0.3 is 28.3 Å². The fourth-order valence-corrected chi connectivity index (χ4v) is 2.35. The molecule has 15 heavy (non-hydrogen) atoms. The standard InChI is InChI=1S/C12H10INS/c13-9-1-5-11(6-2-9)15-12-7-3-10(14)4-8-12/h1-8H,14H2/q-1. The van der Waals surface area contributed by atoms with Crippen molar-refractivity contribution in [2.24, 2.45) is 0 Å². The van der Waals surface area contributed by atoms with E-state index in [1.165, 1.54) is 13.4 Å². The van der Waals surface area contributed by atoms with Crippen molar-refractivity contribution in [1.29, 1.82) is 0 Å². The van der Waals surface area contributed by atoms with E-state index in [0.29, 0.717) is 0 Å². The average Bonchev–Trinajstić information content (AvgIpc) is 2.25. The molecule has 2 aromatic rings. The Morgan fingerprint density at radius 1 is 0.800 bits per heavy atom. The minimum Gasteiger partial charge on any atom is -0.759 e. The highest BCUT2D eigenvalue weighted by Gasteiger charge is 1.95. The van der Waals surface area contributed by atoms with Crippen LogP contribution in [0.15, 0.2) is 58.3 Å². The van der Waals surface area contributed by atoms with Gasteiger partial charge in [0.15, 0.2) is 0 Å². The van der Waals surface area contributed by atoms with Crippen molar-refractivity contribution < 1.29 is 22.6 Å². The van der Waals surface area contributed by atoms with Gasteiger partial charge in [-0.1, -0.05) is 23.9 Å². The average molecular weight is 327 g/mol. The molecule has 0 aliphatic rings. The van der Waals surface area contributed by atoms with Gasteiger partial charge in [-0.2, -0.15) is 3.57 Å². The molecule has 2 aromatic carbocycles. The zero-order valence-corrected chi connectivity index (χ0v) is 11.0. The zero-order valence-electron chi connectivity index (χ0n) is 7.98. The quantitative estimate of drug-likeness (QED) is 0.627. The van der Waals surface area contributed by atoms with Crippen LogP contribution in [0.25, 0.3) is 0 Å². The lowest BCUT2D eigenvalue weighted by Crippen LogP contribution is -3.34. The molecular formula is C12H10INS-. The van der Waals surface area contributed by atoms with Crippen LogP contribution in [-0.2, 0) is 0 Å². The van der Waals surface area contributed by atoms with Gasteiger partial charge in [0, 0.05) is 15.5 Å². The minimum absolute atomic E-state index is 0.807. The number of anilines is 1. The van der Waals surface area contributed by atoms with Crippen LogP contribution in [-0.4, -0.2) is 0 Å². The summed E-state index contributed by atoms with van der Waals surface area (Å²) in [6, 6.07) is 16.4. The highest BCUT2D eigenvalue weighted by atomic mass is 127. The third kappa shape index (κ3) is 3.14. The number of halogens is 1. The molecule has 0 fully saturated rings. The molecule has 3 heteroatoms. The molecule has 2 N–H and O–H groups in total. The minimum atomic E-state index is 0.807. The Balaban J connectivity index is 2.15. The van der Waals surface area contributed by atoms with Crippen molar-refractivity contribution in [2.75, 3.05) is 5.73 Å². The van der Waals surface area contributed by atoms with Crippen LogP contribution in [0, 0.1) is 3.57 Å². The number of nitrogens with two attached hydrogens (primary N) is 1. The number of benzene rings is 2. The number of hydrogen-bond acceptors (Lipinski definition) is 2. The van der Waals surface area contributed by atoms with E-state index < -0.39 is 0 Å². The Bertz CT molecular complexity index is 393. The normalized spacial score (nSPS) is 10.2. The maximum atomic E-state index is 5.63. The van der Waals surface area contributed by atoms with E-state index in [4.69, 9.17) is 5.73 Å². The Morgan fingerprint density at radius 2 is 1.27 bits per heavy atom. The SMILES string of the molecule is Nc1ccc(Sc2ccc([I-])cc2)cc1. The van der Waals surface area contributed by atoms with Gasteiger partial charge in [0.2, 0.25) is 0 Å². The summed E-state index contributed by atoms with van der Waals surface area (Å²) >= 11 is 4.05. The number of rotatable bonds is 2. The Kier molecular flexibility index (Phi) is 3.53. The summed E-state index contributed by atoms with van der Waals surface area (Å²) in [4.78, 5) is 2.46. The molecule has 0 aliphatic carbocycles. The topological polar surface area (TPSA) is 26.0 Å². The maximum absolute atomic E-state index is 5.63. The van der Waals surface area contributed by atoms with Crippen LogP contribution in [0.2, 0.25) is 0 Å². The molecule has 0 heterocycles. The Morgan fingerprint density at radius 3 is 1.80 bits per heavy atom. The van der Waals surface area contributed by atoms with Crippen molar-refractivity contribution in [2.45, 2.75) is 9.79 Å². The smallest absolute Gasteiger partial charge is 0.0314 e. The van der Waals surface area contributed by atoms with Gasteiger partial charge in [0.05, 0.1) is 0 Å². The van der Waals surface area contributed by atoms with Crippen LogP contribution in [0.3, 0.4) is 0 Å². The second-order valence-electron chi connectivity index (χ2n) is 3.13. The third-order valence-electron chi connectivity index (χ3n) is 1.93. The Labute approximate surface area is 107 Å². The van der Waals surface area contributed by atoms with Gasteiger partial charge in [-0.15, -0.1) is 0 Å². The fourth-order valence-electron chi connectivity index (χ4n) is 1.17. The molecule has 1 radical (unpaired) electrons. The number of nitrogen functional groups attached to an aromatic ring is 1. The molecule has 1 nitrogen and oxygen atoms in total. The van der Waals surface area contributed by atoms with Gasteiger partial charge >= 0.3 is 0 Å². The van der Waals surface area contributed by atoms with Crippen LogP contribution >= 0.6 is 11.8 Å². The molecule has 0 spiro atoms. The van der Waals surface area contributed by atoms with E-state index in [2.05, 4.69) is 46.9 Å². The molecule has 0 aromatic heterocycles. The molecule has 0 amide bonds. The molecule has 0 atom stereocenters. The van der Waals surface area contributed by atoms with Gasteiger partial charge in [0.25, 0.3) is 0 Å². The molecular weight excluding hydrogens is 317 g/mol. The van der Waals surface area contributed by atoms with E-state index in [1.54, 1.807) is 11.8 Å². The summed E-state index contributed by atoms with van der Waals surface area (Å²) in [6.45, 7) is 0. The predicted octanol–water partition coefficient (Wildman–Crippen LogP) is 0.143. The summed E-state index contributed by atoms with van der Waals surface area (Å²) < 4.78 is 1.26. The fraction of sp³-hybridized carbons (Fsp3) is 0. The molecule has 2 rings (SSSR count). The summed E-state index contributed by atoms with van der Waals surface area (Å²) in [5.74, 6) is 0. The van der Waals surface area contributed by atoms with Crippen molar-refractivity contribution in [1.82, 2.24) is 0 Å². The molecule has 0 saturated carbocycles. The van der Waals surface area contributed by atoms with Crippen molar-refractivity contribution in [3.05, 3.63) is 52.1 Å². The first-order valence-corrected chi connectivity index (χ1v) is 6.42. The Hall–Kier alpha value is -0.680. The van der Waals surface area contributed by atoms with Gasteiger partial charge in [-0.3, -0.25) is 0 Å². The van der Waals surface area contributed by atoms with Crippen molar-refractivity contribution in [3.63, 3.8) is 0 Å². The first-order valence-electron chi connectivity index (χ1n) is 4.53. The van der Waals surface area contributed by atoms with Crippen molar-refractivity contribution >= 4 is 17.4 Å². The second-order valence-corrected chi connectivity index (χ2v) is 5.52. The molecule has 0 unspecified atom stereocenters. The number of hydrogen-bond donors (Lipinski definition) is 1. The summed E-state index contributed by atoms with van der Waals surface area (Å²) in [5, 5.41) is 0. The third-order valence-corrected chi connectivity index (χ3v) is 3.66. The highest BCUT2D eigenvalue weighted by Crippen LogP contribution is 2.27. The van der Waals surface area contributed by atoms with Gasteiger partial charge in [0.1, 0.15) is 0 Å². The summed E-state index contributed by atoms with van der Waals surface area (Å²) in [7, 11) is 0. The van der Waals surface area contributed by atoms with E-state index >= 15 is 0 Å².